The number of halogens is 1. The van der Waals surface area contributed by atoms with Crippen LogP contribution in [0.25, 0.3) is 0 Å². The predicted octanol–water partition coefficient (Wildman–Crippen LogP) is 2.45. The molecule has 1 aromatic carbocycles. The SMILES string of the molecule is CCCN=C(N)c1cc(CCl)ccc1[N+](=O)[O-]. The third-order valence-electron chi connectivity index (χ3n) is 2.19. The molecule has 92 valence electrons. The first-order valence-electron chi connectivity index (χ1n) is 5.23. The molecular weight excluding hydrogens is 242 g/mol. The molecule has 0 atom stereocenters. The maximum atomic E-state index is 10.9. The van der Waals surface area contributed by atoms with Gasteiger partial charge >= 0.3 is 0 Å². The van der Waals surface area contributed by atoms with E-state index in [-0.39, 0.29) is 17.4 Å². The lowest BCUT2D eigenvalue weighted by Crippen LogP contribution is -2.16. The molecule has 0 spiro atoms. The normalized spacial score (nSPS) is 11.5. The number of nitrogens with two attached hydrogens (primary N) is 1. The van der Waals surface area contributed by atoms with Crippen LogP contribution < -0.4 is 5.73 Å². The highest BCUT2D eigenvalue weighted by Crippen LogP contribution is 2.20. The van der Waals surface area contributed by atoms with Crippen molar-refractivity contribution in [2.45, 2.75) is 19.2 Å². The molecule has 17 heavy (non-hydrogen) atoms. The van der Waals surface area contributed by atoms with Crippen LogP contribution >= 0.6 is 11.6 Å². The van der Waals surface area contributed by atoms with Crippen molar-refractivity contribution in [3.63, 3.8) is 0 Å². The fourth-order valence-corrected chi connectivity index (χ4v) is 1.51. The molecule has 1 rings (SSSR count). The van der Waals surface area contributed by atoms with Crippen LogP contribution in [0.3, 0.4) is 0 Å². The molecule has 0 amide bonds. The second-order valence-electron chi connectivity index (χ2n) is 3.51. The molecule has 0 aliphatic carbocycles. The summed E-state index contributed by atoms with van der Waals surface area (Å²) in [6.07, 6.45) is 0.837. The molecule has 0 aliphatic rings. The molecule has 1 aromatic rings. The van der Waals surface area contributed by atoms with Gasteiger partial charge in [0.25, 0.3) is 5.69 Å². The molecule has 0 aliphatic heterocycles. The highest BCUT2D eigenvalue weighted by molar-refractivity contribution is 6.17. The first kappa shape index (κ1) is 13.4. The Labute approximate surface area is 104 Å². The number of nitrogens with zero attached hydrogens (tertiary/aromatic N) is 2. The van der Waals surface area contributed by atoms with Crippen LogP contribution in [-0.4, -0.2) is 17.3 Å². The van der Waals surface area contributed by atoms with Gasteiger partial charge in [-0.1, -0.05) is 13.0 Å². The number of nitro benzene ring substituents is 1. The Kier molecular flexibility index (Phi) is 4.90. The van der Waals surface area contributed by atoms with Gasteiger partial charge in [-0.25, -0.2) is 0 Å². The lowest BCUT2D eigenvalue weighted by molar-refractivity contribution is -0.385. The van der Waals surface area contributed by atoms with Gasteiger partial charge in [0.15, 0.2) is 0 Å². The number of alkyl halides is 1. The van der Waals surface area contributed by atoms with E-state index in [1.54, 1.807) is 12.1 Å². The topological polar surface area (TPSA) is 81.5 Å². The summed E-state index contributed by atoms with van der Waals surface area (Å²) >= 11 is 5.69. The zero-order valence-corrected chi connectivity index (χ0v) is 10.3. The van der Waals surface area contributed by atoms with Crippen LogP contribution in [0.5, 0.6) is 0 Å². The third kappa shape index (κ3) is 3.42. The summed E-state index contributed by atoms with van der Waals surface area (Å²) in [5, 5.41) is 10.9. The van der Waals surface area contributed by atoms with Crippen LogP contribution in [0.1, 0.15) is 24.5 Å². The summed E-state index contributed by atoms with van der Waals surface area (Å²) in [7, 11) is 0. The highest BCUT2D eigenvalue weighted by Gasteiger charge is 2.16. The van der Waals surface area contributed by atoms with E-state index in [9.17, 15) is 10.1 Å². The minimum atomic E-state index is -0.471. The predicted molar refractivity (Wildman–Crippen MR) is 68.5 cm³/mol. The molecule has 0 saturated heterocycles. The van der Waals surface area contributed by atoms with E-state index < -0.39 is 4.92 Å². The van der Waals surface area contributed by atoms with Crippen molar-refractivity contribution in [3.05, 3.63) is 39.4 Å². The van der Waals surface area contributed by atoms with Gasteiger partial charge in [0, 0.05) is 18.5 Å². The average Bonchev–Trinajstić information content (AvgIpc) is 2.34. The Morgan fingerprint density at radius 1 is 1.59 bits per heavy atom. The van der Waals surface area contributed by atoms with Gasteiger partial charge in [-0.15, -0.1) is 11.6 Å². The second-order valence-corrected chi connectivity index (χ2v) is 3.78. The lowest BCUT2D eigenvalue weighted by Gasteiger charge is -2.04. The molecular formula is C11H14ClN3O2. The van der Waals surface area contributed by atoms with Gasteiger partial charge in [-0.3, -0.25) is 15.1 Å². The number of hydrogen-bond acceptors (Lipinski definition) is 3. The van der Waals surface area contributed by atoms with E-state index >= 15 is 0 Å². The Morgan fingerprint density at radius 2 is 2.29 bits per heavy atom. The summed E-state index contributed by atoms with van der Waals surface area (Å²) in [6, 6.07) is 4.63. The molecule has 5 nitrogen and oxygen atoms in total. The average molecular weight is 256 g/mol. The number of rotatable bonds is 5. The number of nitro groups is 1. The van der Waals surface area contributed by atoms with Gasteiger partial charge in [-0.2, -0.15) is 0 Å². The molecule has 0 aromatic heterocycles. The Morgan fingerprint density at radius 3 is 2.82 bits per heavy atom. The Bertz CT molecular complexity index is 446. The molecule has 0 fully saturated rings. The summed E-state index contributed by atoms with van der Waals surface area (Å²) < 4.78 is 0. The van der Waals surface area contributed by atoms with Crippen molar-refractivity contribution in [2.24, 2.45) is 10.7 Å². The van der Waals surface area contributed by atoms with Crippen molar-refractivity contribution < 1.29 is 4.92 Å². The van der Waals surface area contributed by atoms with Crippen LogP contribution in [0.2, 0.25) is 0 Å². The molecule has 0 heterocycles. The van der Waals surface area contributed by atoms with E-state index in [0.717, 1.165) is 12.0 Å². The fraction of sp³-hybridized carbons (Fsp3) is 0.364. The van der Waals surface area contributed by atoms with Crippen molar-refractivity contribution in [1.29, 1.82) is 0 Å². The summed E-state index contributed by atoms with van der Waals surface area (Å²) in [5.74, 6) is 0.469. The number of benzene rings is 1. The minimum absolute atomic E-state index is 0.0452. The Balaban J connectivity index is 3.21. The quantitative estimate of drug-likeness (QED) is 0.288. The van der Waals surface area contributed by atoms with E-state index in [2.05, 4.69) is 4.99 Å². The fourth-order valence-electron chi connectivity index (χ4n) is 1.35. The molecule has 0 bridgehead atoms. The Hall–Kier alpha value is -1.62. The molecule has 2 N–H and O–H groups in total. The van der Waals surface area contributed by atoms with E-state index in [0.29, 0.717) is 12.1 Å². The van der Waals surface area contributed by atoms with Crippen molar-refractivity contribution >= 4 is 23.1 Å². The largest absolute Gasteiger partial charge is 0.383 e. The highest BCUT2D eigenvalue weighted by atomic mass is 35.5. The van der Waals surface area contributed by atoms with Gasteiger partial charge in [0.1, 0.15) is 5.84 Å². The standard InChI is InChI=1S/C11H14ClN3O2/c1-2-5-14-11(13)9-6-8(7-12)3-4-10(9)15(16)17/h3-4,6H,2,5,7H2,1H3,(H2,13,14). The van der Waals surface area contributed by atoms with Crippen LogP contribution in [0, 0.1) is 10.1 Å². The maximum absolute atomic E-state index is 10.9. The van der Waals surface area contributed by atoms with E-state index in [1.807, 2.05) is 6.92 Å². The van der Waals surface area contributed by atoms with Crippen LogP contribution in [0.15, 0.2) is 23.2 Å². The number of hydrogen-bond donors (Lipinski definition) is 1. The van der Waals surface area contributed by atoms with E-state index in [4.69, 9.17) is 17.3 Å². The first-order chi connectivity index (χ1) is 8.10. The van der Waals surface area contributed by atoms with Gasteiger partial charge < -0.3 is 5.73 Å². The zero-order valence-electron chi connectivity index (χ0n) is 9.52. The summed E-state index contributed by atoms with van der Waals surface area (Å²) in [6.45, 7) is 2.51. The minimum Gasteiger partial charge on any atom is -0.383 e. The van der Waals surface area contributed by atoms with Crippen molar-refractivity contribution in [1.82, 2.24) is 0 Å². The summed E-state index contributed by atoms with van der Waals surface area (Å²) in [5.41, 5.74) is 6.81. The molecule has 6 heteroatoms. The first-order valence-corrected chi connectivity index (χ1v) is 5.77. The molecule has 0 saturated carbocycles. The van der Waals surface area contributed by atoms with E-state index in [1.165, 1.54) is 6.07 Å². The smallest absolute Gasteiger partial charge is 0.280 e. The summed E-state index contributed by atoms with van der Waals surface area (Å²) in [4.78, 5) is 14.5. The van der Waals surface area contributed by atoms with Gasteiger partial charge in [0.2, 0.25) is 0 Å². The van der Waals surface area contributed by atoms with Gasteiger partial charge in [-0.05, 0) is 18.1 Å². The van der Waals surface area contributed by atoms with Crippen LogP contribution in [0.4, 0.5) is 5.69 Å². The van der Waals surface area contributed by atoms with Crippen molar-refractivity contribution in [3.8, 4) is 0 Å². The maximum Gasteiger partial charge on any atom is 0.280 e. The number of aliphatic imine (C=N–C) groups is 1. The number of amidine groups is 1. The van der Waals surface area contributed by atoms with Gasteiger partial charge in [0.05, 0.1) is 10.5 Å². The molecule has 0 unspecified atom stereocenters. The second kappa shape index (κ2) is 6.20. The molecule has 0 radical (unpaired) electrons. The monoisotopic (exact) mass is 255 g/mol. The zero-order chi connectivity index (χ0) is 12.8. The van der Waals surface area contributed by atoms with Crippen LogP contribution in [-0.2, 0) is 5.88 Å². The lowest BCUT2D eigenvalue weighted by atomic mass is 10.1. The van der Waals surface area contributed by atoms with Crippen molar-refractivity contribution in [2.75, 3.05) is 6.54 Å². The third-order valence-corrected chi connectivity index (χ3v) is 2.50.